The van der Waals surface area contributed by atoms with Gasteiger partial charge in [-0.1, -0.05) is 76.7 Å². The molecule has 3 atom stereocenters. The molecule has 2 heterocycles. The van der Waals surface area contributed by atoms with Crippen LogP contribution in [0.5, 0.6) is 0 Å². The fraction of sp³-hybridized carbons (Fsp3) is 0.652. The van der Waals surface area contributed by atoms with E-state index in [9.17, 15) is 14.7 Å². The first-order valence-corrected chi connectivity index (χ1v) is 18.2. The Bertz CT molecular complexity index is 920. The molecular weight excluding hydrogens is 440 g/mol. The third kappa shape index (κ3) is 7.81. The number of hydrogen-bond donors (Lipinski definition) is 2. The van der Waals surface area contributed by atoms with Gasteiger partial charge in [-0.05, 0) is 6.92 Å². The molecule has 0 radical (unpaired) electrons. The monoisotopic (exact) mass is 482 g/mol. The lowest BCUT2D eigenvalue weighted by atomic mass is 9.84. The molecule has 0 amide bonds. The summed E-state index contributed by atoms with van der Waals surface area (Å²) in [5.74, 6) is 0. The van der Waals surface area contributed by atoms with Crippen LogP contribution in [0.4, 0.5) is 0 Å². The average molecular weight is 483 g/mol. The van der Waals surface area contributed by atoms with Gasteiger partial charge in [-0.15, -0.1) is 0 Å². The molecule has 0 bridgehead atoms. The summed E-state index contributed by atoms with van der Waals surface area (Å²) >= 11 is 0. The summed E-state index contributed by atoms with van der Waals surface area (Å²) in [7, 11) is -0.776. The van der Waals surface area contributed by atoms with Crippen LogP contribution < -0.4 is 11.2 Å². The Morgan fingerprint density at radius 2 is 1.72 bits per heavy atom. The number of nitrogens with zero attached hydrogens (tertiary/aromatic N) is 1. The summed E-state index contributed by atoms with van der Waals surface area (Å²) in [5, 5.41) is 9.55. The van der Waals surface area contributed by atoms with Gasteiger partial charge in [0.05, 0.1) is 34.4 Å². The van der Waals surface area contributed by atoms with E-state index in [-0.39, 0.29) is 12.7 Å². The van der Waals surface area contributed by atoms with Crippen molar-refractivity contribution in [1.29, 1.82) is 0 Å². The molecule has 1 fully saturated rings. The van der Waals surface area contributed by atoms with Crippen molar-refractivity contribution < 1.29 is 14.6 Å². The lowest BCUT2D eigenvalue weighted by Gasteiger charge is -2.31. The van der Waals surface area contributed by atoms with Crippen LogP contribution in [0.15, 0.2) is 33.3 Å². The minimum atomic E-state index is -1.49. The average Bonchev–Trinajstić information content (AvgIpc) is 2.89. The van der Waals surface area contributed by atoms with Crippen molar-refractivity contribution in [2.24, 2.45) is 5.41 Å². The Kier molecular flexibility index (Phi) is 9.86. The van der Waals surface area contributed by atoms with Gasteiger partial charge in [0.1, 0.15) is 12.3 Å². The van der Waals surface area contributed by atoms with Crippen molar-refractivity contribution in [2.45, 2.75) is 78.5 Å². The van der Waals surface area contributed by atoms with Gasteiger partial charge >= 0.3 is 5.69 Å². The number of ether oxygens (including phenoxy) is 2. The van der Waals surface area contributed by atoms with Crippen molar-refractivity contribution in [3.63, 3.8) is 0 Å². The highest BCUT2D eigenvalue weighted by Gasteiger charge is 2.52. The lowest BCUT2D eigenvalue weighted by Crippen LogP contribution is -2.41. The second kappa shape index (κ2) is 11.1. The molecule has 32 heavy (non-hydrogen) atoms. The quantitative estimate of drug-likeness (QED) is 0.602. The Morgan fingerprint density at radius 1 is 1.16 bits per heavy atom. The van der Waals surface area contributed by atoms with Crippen LogP contribution in [-0.4, -0.2) is 56.7 Å². The van der Waals surface area contributed by atoms with Gasteiger partial charge in [0.25, 0.3) is 5.56 Å². The van der Waals surface area contributed by atoms with Crippen LogP contribution in [-0.2, 0) is 9.47 Å². The van der Waals surface area contributed by atoms with Crippen molar-refractivity contribution in [1.82, 2.24) is 9.55 Å². The molecule has 1 aromatic rings. The van der Waals surface area contributed by atoms with Gasteiger partial charge in [0.15, 0.2) is 0 Å². The second-order valence-electron chi connectivity index (χ2n) is 11.0. The normalized spacial score (nSPS) is 23.5. The maximum Gasteiger partial charge on any atom is 0.330 e. The number of allylic oxidation sites excluding steroid dienone is 1. The van der Waals surface area contributed by atoms with Crippen LogP contribution in [0, 0.1) is 5.41 Å². The van der Waals surface area contributed by atoms with E-state index in [0.717, 1.165) is 0 Å². The molecule has 0 aliphatic carbocycles. The van der Waals surface area contributed by atoms with Gasteiger partial charge in [-0.25, -0.2) is 4.79 Å². The molecule has 7 nitrogen and oxygen atoms in total. The molecule has 1 aliphatic heterocycles. The van der Waals surface area contributed by atoms with Gasteiger partial charge in [0.2, 0.25) is 0 Å². The molecule has 182 valence electrons. The first-order chi connectivity index (χ1) is 14.6. The maximum absolute atomic E-state index is 12.4. The lowest BCUT2D eigenvalue weighted by molar-refractivity contribution is -0.0560. The van der Waals surface area contributed by atoms with E-state index in [1.807, 2.05) is 19.5 Å². The number of aliphatic hydroxyl groups excluding tert-OH is 1. The van der Waals surface area contributed by atoms with Crippen LogP contribution >= 0.6 is 0 Å². The predicted octanol–water partition coefficient (Wildman–Crippen LogP) is 3.80. The van der Waals surface area contributed by atoms with Gasteiger partial charge < -0.3 is 14.6 Å². The highest BCUT2D eigenvalue weighted by Crippen LogP contribution is 2.45. The summed E-state index contributed by atoms with van der Waals surface area (Å²) in [6.07, 6.45) is 3.87. The molecule has 0 spiro atoms. The van der Waals surface area contributed by atoms with Crippen molar-refractivity contribution in [2.75, 3.05) is 13.7 Å². The molecule has 2 N–H and O–H groups in total. The zero-order valence-corrected chi connectivity index (χ0v) is 23.4. The SMILES string of the molecule is C/C=C/[Si](C)(C)C.COC1C(CO)OC(n2cc(/C=C/[Si](C)(C)C)c(=O)[nH]c2=O)C1(C)C. The van der Waals surface area contributed by atoms with E-state index in [2.05, 4.69) is 63.0 Å². The largest absolute Gasteiger partial charge is 0.394 e. The van der Waals surface area contributed by atoms with E-state index in [0.29, 0.717) is 5.56 Å². The van der Waals surface area contributed by atoms with Crippen LogP contribution in [0.1, 0.15) is 32.6 Å². The molecule has 0 saturated carbocycles. The van der Waals surface area contributed by atoms with Gasteiger partial charge in [-0.3, -0.25) is 14.3 Å². The topological polar surface area (TPSA) is 93.5 Å². The minimum Gasteiger partial charge on any atom is -0.394 e. The third-order valence-corrected chi connectivity index (χ3v) is 7.62. The number of nitrogens with one attached hydrogen (secondary N) is 1. The van der Waals surface area contributed by atoms with Gasteiger partial charge in [-0.2, -0.15) is 0 Å². The maximum atomic E-state index is 12.4. The summed E-state index contributed by atoms with van der Waals surface area (Å²) < 4.78 is 12.8. The van der Waals surface area contributed by atoms with Gasteiger partial charge in [0, 0.05) is 18.7 Å². The van der Waals surface area contributed by atoms with Crippen LogP contribution in [0.2, 0.25) is 39.3 Å². The summed E-state index contributed by atoms with van der Waals surface area (Å²) in [6, 6.07) is 0. The number of H-pyrrole nitrogens is 1. The molecule has 9 heteroatoms. The summed E-state index contributed by atoms with van der Waals surface area (Å²) in [6.45, 7) is 19.2. The van der Waals surface area contributed by atoms with Crippen LogP contribution in [0.3, 0.4) is 0 Å². The Balaban J connectivity index is 0.000000633. The number of rotatable bonds is 6. The van der Waals surface area contributed by atoms with Crippen molar-refractivity contribution in [3.8, 4) is 0 Å². The second-order valence-corrected chi connectivity index (χ2v) is 21.1. The molecule has 2 rings (SSSR count). The zero-order chi connectivity index (χ0) is 24.9. The summed E-state index contributed by atoms with van der Waals surface area (Å²) in [4.78, 5) is 26.8. The first-order valence-electron chi connectivity index (χ1n) is 11.0. The fourth-order valence-corrected chi connectivity index (χ4v) is 5.36. The van der Waals surface area contributed by atoms with Crippen molar-refractivity contribution >= 4 is 22.2 Å². The van der Waals surface area contributed by atoms with Crippen molar-refractivity contribution in [3.05, 3.63) is 50.1 Å². The first kappa shape index (κ1) is 28.5. The molecule has 1 aliphatic rings. The predicted molar refractivity (Wildman–Crippen MR) is 137 cm³/mol. The molecule has 3 unspecified atom stereocenters. The Hall–Kier alpha value is -1.53. The number of hydrogen-bond acceptors (Lipinski definition) is 5. The highest BCUT2D eigenvalue weighted by atomic mass is 28.3. The van der Waals surface area contributed by atoms with Crippen LogP contribution in [0.25, 0.3) is 6.08 Å². The molecule has 1 saturated heterocycles. The van der Waals surface area contributed by atoms with E-state index in [4.69, 9.17) is 9.47 Å². The Labute approximate surface area is 194 Å². The number of aliphatic hydroxyl groups is 1. The zero-order valence-electron chi connectivity index (χ0n) is 21.4. The number of methoxy groups -OCH3 is 1. The van der Waals surface area contributed by atoms with E-state index in [1.165, 1.54) is 10.8 Å². The molecule has 1 aromatic heterocycles. The molecular formula is C23H42N2O5Si2. The summed E-state index contributed by atoms with van der Waals surface area (Å²) in [5.41, 5.74) is 3.25. The molecule has 0 aromatic carbocycles. The Morgan fingerprint density at radius 3 is 2.09 bits per heavy atom. The highest BCUT2D eigenvalue weighted by molar-refractivity contribution is 6.81. The fourth-order valence-electron chi connectivity index (χ4n) is 3.68. The third-order valence-electron chi connectivity index (χ3n) is 5.12. The smallest absolute Gasteiger partial charge is 0.330 e. The number of aromatic amines is 1. The minimum absolute atomic E-state index is 0.209. The van der Waals surface area contributed by atoms with E-state index >= 15 is 0 Å². The standard InChI is InChI=1S/C17H28N2O5Si.C6H14Si/c1-17(2)13(23-3)12(10-20)24-15(17)19-9-11(7-8-25(4,5)6)14(21)18-16(19)22;1-5-6-7(2,3)4/h7-9,12-13,15,20H,10H2,1-6H3,(H,18,21,22);5-6H,1-4H3/b8-7+;6-5+. The van der Waals surface area contributed by atoms with E-state index < -0.39 is 45.1 Å². The van der Waals surface area contributed by atoms with E-state index in [1.54, 1.807) is 13.2 Å². The number of aromatic nitrogens is 2.